The lowest BCUT2D eigenvalue weighted by molar-refractivity contribution is -0.131. The highest BCUT2D eigenvalue weighted by Crippen LogP contribution is 2.38. The van der Waals surface area contributed by atoms with Crippen molar-refractivity contribution in [3.05, 3.63) is 71.3 Å². The zero-order chi connectivity index (χ0) is 27.8. The third kappa shape index (κ3) is 7.35. The Labute approximate surface area is 229 Å². The minimum absolute atomic E-state index is 0.00674. The minimum atomic E-state index is -0.999. The van der Waals surface area contributed by atoms with Crippen LogP contribution in [0.4, 0.5) is 4.79 Å². The Morgan fingerprint density at radius 1 is 0.974 bits per heavy atom. The van der Waals surface area contributed by atoms with Gasteiger partial charge in [0.15, 0.2) is 0 Å². The highest BCUT2D eigenvalue weighted by Gasteiger charge is 2.34. The van der Waals surface area contributed by atoms with Crippen LogP contribution in [0.5, 0.6) is 0 Å². The molecule has 0 spiro atoms. The van der Waals surface area contributed by atoms with Gasteiger partial charge in [0.1, 0.15) is 6.04 Å². The molecule has 4 rings (SSSR count). The molecule has 2 aromatic carbocycles. The number of hydrogen-bond donors (Lipinski definition) is 4. The van der Waals surface area contributed by atoms with E-state index in [1.54, 1.807) is 12.1 Å². The first-order valence-electron chi connectivity index (χ1n) is 13.7. The summed E-state index contributed by atoms with van der Waals surface area (Å²) in [5.41, 5.74) is 8.19. The molecule has 0 radical (unpaired) electrons. The number of benzene rings is 2. The molecular formula is C29H39N5O5. The number of nitrogens with one attached hydrogen (secondary N) is 1. The summed E-state index contributed by atoms with van der Waals surface area (Å²) in [6, 6.07) is 16.0. The summed E-state index contributed by atoms with van der Waals surface area (Å²) in [4.78, 5) is 39.7. The molecule has 0 aromatic heterocycles. The van der Waals surface area contributed by atoms with Crippen molar-refractivity contribution in [1.82, 2.24) is 20.2 Å². The van der Waals surface area contributed by atoms with Crippen LogP contribution in [0.1, 0.15) is 54.3 Å². The van der Waals surface area contributed by atoms with Crippen LogP contribution in [-0.4, -0.2) is 82.4 Å². The maximum atomic E-state index is 13.4. The van der Waals surface area contributed by atoms with E-state index in [1.807, 2.05) is 47.5 Å². The Kier molecular flexibility index (Phi) is 9.91. The molecule has 39 heavy (non-hydrogen) atoms. The van der Waals surface area contributed by atoms with Crippen LogP contribution in [0.3, 0.4) is 0 Å². The molecule has 1 heterocycles. The summed E-state index contributed by atoms with van der Waals surface area (Å²) in [7, 11) is 0. The Morgan fingerprint density at radius 3 is 2.26 bits per heavy atom. The summed E-state index contributed by atoms with van der Waals surface area (Å²) in [5, 5.41) is 25.1. The van der Waals surface area contributed by atoms with E-state index in [4.69, 9.17) is 10.8 Å². The molecule has 2 aromatic rings. The van der Waals surface area contributed by atoms with Crippen LogP contribution in [-0.2, 0) is 16.1 Å². The van der Waals surface area contributed by atoms with Crippen molar-refractivity contribution in [1.29, 1.82) is 0 Å². The molecule has 3 atom stereocenters. The van der Waals surface area contributed by atoms with Gasteiger partial charge in [0.05, 0.1) is 13.2 Å². The van der Waals surface area contributed by atoms with Gasteiger partial charge in [-0.15, -0.1) is 0 Å². The van der Waals surface area contributed by atoms with E-state index < -0.39 is 18.0 Å². The highest BCUT2D eigenvalue weighted by atomic mass is 16.4. The number of aliphatic hydroxyl groups is 1. The van der Waals surface area contributed by atoms with E-state index in [1.165, 1.54) is 5.01 Å². The monoisotopic (exact) mass is 537 g/mol. The number of amides is 3. The number of hydrazine groups is 1. The summed E-state index contributed by atoms with van der Waals surface area (Å²) in [5.74, 6) is -1.04. The standard InChI is InChI=1S/C29H39N5O5/c30-27(36)26(23-6-2-1-3-7-23)31-28(37)25-9-5-4-8-24(25)22-12-10-21(11-13-22)20-34(29(38)39)33-16-14-32(15-17-33)18-19-35/h1-3,6-7,10-13,24-26,35H,4-5,8-9,14-20H2,(H2,30,36)(H,31,37)(H,38,39)/t24-,25+,26-/m0/s1. The van der Waals surface area contributed by atoms with E-state index in [2.05, 4.69) is 10.2 Å². The lowest BCUT2D eigenvalue weighted by Crippen LogP contribution is -2.55. The molecule has 1 saturated heterocycles. The zero-order valence-corrected chi connectivity index (χ0v) is 22.2. The molecule has 1 aliphatic carbocycles. The zero-order valence-electron chi connectivity index (χ0n) is 22.2. The number of β-amino-alcohol motifs (C(OH)–C–C–N with tert-alkyl or cyclic N) is 1. The average Bonchev–Trinajstić information content (AvgIpc) is 2.95. The number of nitrogens with zero attached hydrogens (tertiary/aromatic N) is 3. The van der Waals surface area contributed by atoms with Gasteiger partial charge in [-0.25, -0.2) is 14.8 Å². The number of carbonyl (C=O) groups excluding carboxylic acids is 2. The van der Waals surface area contributed by atoms with Crippen molar-refractivity contribution in [2.75, 3.05) is 39.3 Å². The smallest absolute Gasteiger partial charge is 0.422 e. The lowest BCUT2D eigenvalue weighted by atomic mass is 9.74. The van der Waals surface area contributed by atoms with Crippen LogP contribution in [0.15, 0.2) is 54.6 Å². The second kappa shape index (κ2) is 13.5. The molecular weight excluding hydrogens is 498 g/mol. The van der Waals surface area contributed by atoms with Gasteiger partial charge in [-0.2, -0.15) is 0 Å². The number of carbonyl (C=O) groups is 3. The molecule has 1 saturated carbocycles. The highest BCUT2D eigenvalue weighted by molar-refractivity contribution is 5.89. The predicted molar refractivity (Wildman–Crippen MR) is 146 cm³/mol. The molecule has 0 unspecified atom stereocenters. The van der Waals surface area contributed by atoms with Gasteiger partial charge in [-0.05, 0) is 35.4 Å². The summed E-state index contributed by atoms with van der Waals surface area (Å²) >= 11 is 0. The molecule has 0 bridgehead atoms. The maximum Gasteiger partial charge on any atom is 0.422 e. The molecule has 2 aliphatic rings. The number of aliphatic hydroxyl groups excluding tert-OH is 1. The van der Waals surface area contributed by atoms with Gasteiger partial charge in [0.2, 0.25) is 11.8 Å². The normalized spacial score (nSPS) is 21.2. The molecule has 3 amide bonds. The predicted octanol–water partition coefficient (Wildman–Crippen LogP) is 2.31. The van der Waals surface area contributed by atoms with Gasteiger partial charge in [0, 0.05) is 38.6 Å². The van der Waals surface area contributed by atoms with Gasteiger partial charge in [-0.3, -0.25) is 14.5 Å². The Bertz CT molecular complexity index is 1100. The minimum Gasteiger partial charge on any atom is -0.464 e. The SMILES string of the molecule is NC(=O)[C@@H](NC(=O)[C@@H]1CCCC[C@H]1c1ccc(CN(C(=O)O)N2CCN(CCO)CC2)cc1)c1ccccc1. The van der Waals surface area contributed by atoms with Crippen LogP contribution >= 0.6 is 0 Å². The van der Waals surface area contributed by atoms with E-state index in [0.29, 0.717) is 38.3 Å². The Morgan fingerprint density at radius 2 is 1.64 bits per heavy atom. The second-order valence-electron chi connectivity index (χ2n) is 10.4. The molecule has 10 heteroatoms. The third-order valence-electron chi connectivity index (χ3n) is 7.87. The van der Waals surface area contributed by atoms with E-state index >= 15 is 0 Å². The van der Waals surface area contributed by atoms with Crippen molar-refractivity contribution in [3.8, 4) is 0 Å². The number of piperazine rings is 1. The second-order valence-corrected chi connectivity index (χ2v) is 10.4. The third-order valence-corrected chi connectivity index (χ3v) is 7.87. The summed E-state index contributed by atoms with van der Waals surface area (Å²) in [6.07, 6.45) is 2.56. The Balaban J connectivity index is 1.42. The van der Waals surface area contributed by atoms with Crippen molar-refractivity contribution in [3.63, 3.8) is 0 Å². The molecule has 5 N–H and O–H groups in total. The van der Waals surface area contributed by atoms with Gasteiger partial charge in [-0.1, -0.05) is 67.4 Å². The van der Waals surface area contributed by atoms with Crippen molar-refractivity contribution < 1.29 is 24.6 Å². The van der Waals surface area contributed by atoms with E-state index in [0.717, 1.165) is 36.8 Å². The fourth-order valence-electron chi connectivity index (χ4n) is 5.73. The van der Waals surface area contributed by atoms with Crippen LogP contribution in [0, 0.1) is 5.92 Å². The van der Waals surface area contributed by atoms with Crippen LogP contribution in [0.2, 0.25) is 0 Å². The first-order chi connectivity index (χ1) is 18.9. The maximum absolute atomic E-state index is 13.4. The number of carboxylic acid groups (broad SMARTS) is 1. The molecule has 10 nitrogen and oxygen atoms in total. The van der Waals surface area contributed by atoms with Gasteiger partial charge >= 0.3 is 6.09 Å². The first-order valence-corrected chi connectivity index (χ1v) is 13.7. The Hall–Kier alpha value is -3.47. The van der Waals surface area contributed by atoms with Gasteiger partial charge in [0.25, 0.3) is 0 Å². The number of nitrogens with two attached hydrogens (primary N) is 1. The fourth-order valence-corrected chi connectivity index (χ4v) is 5.73. The lowest BCUT2D eigenvalue weighted by Gasteiger charge is -2.39. The van der Waals surface area contributed by atoms with Crippen LogP contribution in [0.25, 0.3) is 0 Å². The van der Waals surface area contributed by atoms with Crippen LogP contribution < -0.4 is 11.1 Å². The van der Waals surface area contributed by atoms with Crippen molar-refractivity contribution in [2.24, 2.45) is 11.7 Å². The topological polar surface area (TPSA) is 139 Å². The van der Waals surface area contributed by atoms with Crippen molar-refractivity contribution >= 4 is 17.9 Å². The average molecular weight is 538 g/mol. The quantitative estimate of drug-likeness (QED) is 0.365. The fraction of sp³-hybridized carbons (Fsp3) is 0.483. The molecule has 210 valence electrons. The van der Waals surface area contributed by atoms with E-state index in [-0.39, 0.29) is 30.9 Å². The number of rotatable bonds is 10. The van der Waals surface area contributed by atoms with Gasteiger partial charge < -0.3 is 21.3 Å². The molecule has 2 fully saturated rings. The first kappa shape index (κ1) is 28.5. The van der Waals surface area contributed by atoms with E-state index in [9.17, 15) is 19.5 Å². The largest absolute Gasteiger partial charge is 0.464 e. The van der Waals surface area contributed by atoms with Crippen molar-refractivity contribution in [2.45, 2.75) is 44.2 Å². The number of primary amides is 1. The number of hydrogen-bond acceptors (Lipinski definition) is 6. The summed E-state index contributed by atoms with van der Waals surface area (Å²) < 4.78 is 0. The molecule has 1 aliphatic heterocycles. The summed E-state index contributed by atoms with van der Waals surface area (Å²) in [6.45, 7) is 3.50.